The van der Waals surface area contributed by atoms with Crippen molar-refractivity contribution in [3.05, 3.63) is 64.7 Å². The molecule has 31 heavy (non-hydrogen) atoms. The number of hydrogen-bond acceptors (Lipinski definition) is 6. The Bertz CT molecular complexity index is 1120. The molecule has 0 fully saturated rings. The predicted octanol–water partition coefficient (Wildman–Crippen LogP) is 4.15. The Labute approximate surface area is 177 Å². The fourth-order valence-electron chi connectivity index (χ4n) is 3.41. The van der Waals surface area contributed by atoms with E-state index in [9.17, 15) is 31.5 Å². The Kier molecular flexibility index (Phi) is 6.30. The van der Waals surface area contributed by atoms with Gasteiger partial charge in [-0.3, -0.25) is 0 Å². The molecule has 0 aliphatic heterocycles. The van der Waals surface area contributed by atoms with Gasteiger partial charge < -0.3 is 14.0 Å². The van der Waals surface area contributed by atoms with Crippen LogP contribution >= 0.6 is 0 Å². The van der Waals surface area contributed by atoms with E-state index in [0.29, 0.717) is 5.56 Å². The molecule has 0 aromatic heterocycles. The van der Waals surface area contributed by atoms with Crippen LogP contribution in [0.3, 0.4) is 0 Å². The maximum Gasteiger partial charge on any atom is 0.389 e. The summed E-state index contributed by atoms with van der Waals surface area (Å²) in [5.41, 5.74) is 1.87. The summed E-state index contributed by atoms with van der Waals surface area (Å²) >= 11 is 0. The minimum absolute atomic E-state index is 0.187. The number of ether oxygens (including phenoxy) is 1. The predicted molar refractivity (Wildman–Crippen MR) is 106 cm³/mol. The van der Waals surface area contributed by atoms with Crippen LogP contribution in [0, 0.1) is 0 Å². The van der Waals surface area contributed by atoms with Gasteiger partial charge >= 0.3 is 22.3 Å². The summed E-state index contributed by atoms with van der Waals surface area (Å²) in [6.07, 6.45) is -4.73. The van der Waals surface area contributed by atoms with Crippen molar-refractivity contribution >= 4 is 22.2 Å². The summed E-state index contributed by atoms with van der Waals surface area (Å²) < 4.78 is 70.8. The molecule has 0 radical (unpaired) electrons. The molecule has 2 aromatic carbocycles. The van der Waals surface area contributed by atoms with Crippen molar-refractivity contribution in [1.82, 2.24) is 0 Å². The van der Waals surface area contributed by atoms with Crippen molar-refractivity contribution in [2.75, 3.05) is 12.9 Å². The lowest BCUT2D eigenvalue weighted by Gasteiger charge is -2.18. The zero-order valence-electron chi connectivity index (χ0n) is 16.3. The highest BCUT2D eigenvalue weighted by Gasteiger charge is 2.34. The van der Waals surface area contributed by atoms with Gasteiger partial charge in [-0.15, -0.1) is 0 Å². The third kappa shape index (κ3) is 5.38. The number of fused-ring (bicyclic) bond motifs is 1. The number of benzene rings is 2. The van der Waals surface area contributed by atoms with E-state index in [1.165, 1.54) is 25.3 Å². The summed E-state index contributed by atoms with van der Waals surface area (Å²) in [7, 11) is -3.07. The average Bonchev–Trinajstić information content (AvgIpc) is 3.07. The second-order valence-corrected chi connectivity index (χ2v) is 8.63. The Balaban J connectivity index is 1.90. The molecule has 10 heteroatoms. The van der Waals surface area contributed by atoms with Crippen LogP contribution in [0.5, 0.6) is 11.5 Å². The van der Waals surface area contributed by atoms with E-state index in [-0.39, 0.29) is 22.6 Å². The van der Waals surface area contributed by atoms with Crippen LogP contribution in [-0.4, -0.2) is 38.5 Å². The quantitative estimate of drug-likeness (QED) is 0.498. The number of carbonyl (C=O) groups excluding carboxylic acids is 1. The molecule has 0 spiro atoms. The number of hydrogen-bond donors (Lipinski definition) is 1. The number of halogens is 3. The standard InChI is InChI=1S/C21H19F3O6S/c1-29-20(26)17-11-13-5-2-3-6-15(13)19(17)16-12-14(7-8-18(16)25)30-31(27,28)10-4-9-21(22,23)24/h2-3,5-8,11-12,19,25H,4,9-10H2,1H3. The van der Waals surface area contributed by atoms with Crippen molar-refractivity contribution in [2.45, 2.75) is 24.9 Å². The molecule has 1 N–H and O–H groups in total. The molecule has 1 aliphatic carbocycles. The summed E-state index contributed by atoms with van der Waals surface area (Å²) in [5.74, 6) is -2.57. The van der Waals surface area contributed by atoms with Gasteiger partial charge in [0.2, 0.25) is 0 Å². The van der Waals surface area contributed by atoms with Crippen molar-refractivity contribution in [3.8, 4) is 11.5 Å². The maximum absolute atomic E-state index is 12.3. The van der Waals surface area contributed by atoms with Crippen LogP contribution < -0.4 is 4.18 Å². The Morgan fingerprint density at radius 3 is 2.52 bits per heavy atom. The minimum atomic E-state index is -4.46. The molecule has 0 saturated carbocycles. The van der Waals surface area contributed by atoms with Crippen molar-refractivity contribution < 1.29 is 40.4 Å². The number of esters is 1. The lowest BCUT2D eigenvalue weighted by molar-refractivity contribution is -0.136. The van der Waals surface area contributed by atoms with Gasteiger partial charge in [-0.2, -0.15) is 21.6 Å². The first-order chi connectivity index (χ1) is 14.5. The number of aromatic hydroxyl groups is 1. The van der Waals surface area contributed by atoms with Crippen LogP contribution in [-0.2, 0) is 19.6 Å². The van der Waals surface area contributed by atoms with Gasteiger partial charge in [0, 0.05) is 23.5 Å². The Morgan fingerprint density at radius 1 is 1.13 bits per heavy atom. The number of methoxy groups -OCH3 is 1. The molecule has 0 amide bonds. The molecular weight excluding hydrogens is 437 g/mol. The average molecular weight is 456 g/mol. The van der Waals surface area contributed by atoms with Crippen LogP contribution in [0.4, 0.5) is 13.2 Å². The maximum atomic E-state index is 12.3. The summed E-state index contributed by atoms with van der Waals surface area (Å²) in [4.78, 5) is 12.3. The summed E-state index contributed by atoms with van der Waals surface area (Å²) in [6.45, 7) is 0. The van der Waals surface area contributed by atoms with E-state index in [1.807, 2.05) is 0 Å². The Hall–Kier alpha value is -3.01. The van der Waals surface area contributed by atoms with Gasteiger partial charge in [-0.25, -0.2) is 4.79 Å². The monoisotopic (exact) mass is 456 g/mol. The van der Waals surface area contributed by atoms with E-state index in [1.54, 1.807) is 30.3 Å². The van der Waals surface area contributed by atoms with E-state index in [0.717, 1.165) is 5.56 Å². The molecule has 0 bridgehead atoms. The van der Waals surface area contributed by atoms with Crippen LogP contribution in [0.2, 0.25) is 0 Å². The highest BCUT2D eigenvalue weighted by atomic mass is 32.2. The normalized spacial score (nSPS) is 15.9. The fraction of sp³-hybridized carbons (Fsp3) is 0.286. The molecule has 1 aliphatic rings. The van der Waals surface area contributed by atoms with E-state index in [2.05, 4.69) is 0 Å². The van der Waals surface area contributed by atoms with E-state index < -0.39 is 46.8 Å². The van der Waals surface area contributed by atoms with Crippen molar-refractivity contribution in [1.29, 1.82) is 0 Å². The van der Waals surface area contributed by atoms with Gasteiger partial charge in [0.05, 0.1) is 12.9 Å². The highest BCUT2D eigenvalue weighted by molar-refractivity contribution is 7.87. The lowest BCUT2D eigenvalue weighted by atomic mass is 9.87. The fourth-order valence-corrected chi connectivity index (χ4v) is 4.38. The minimum Gasteiger partial charge on any atom is -0.508 e. The lowest BCUT2D eigenvalue weighted by Crippen LogP contribution is -2.17. The number of carbonyl (C=O) groups is 1. The molecular formula is C21H19F3O6S. The van der Waals surface area contributed by atoms with Crippen LogP contribution in [0.25, 0.3) is 6.08 Å². The van der Waals surface area contributed by atoms with Crippen LogP contribution in [0.1, 0.15) is 35.4 Å². The summed E-state index contributed by atoms with van der Waals surface area (Å²) in [6, 6.07) is 10.7. The van der Waals surface area contributed by atoms with Gasteiger partial charge in [0.25, 0.3) is 0 Å². The molecule has 0 saturated heterocycles. The number of phenols is 1. The van der Waals surface area contributed by atoms with Crippen LogP contribution in [0.15, 0.2) is 48.0 Å². The third-order valence-corrected chi connectivity index (χ3v) is 5.97. The second-order valence-electron chi connectivity index (χ2n) is 6.94. The second kappa shape index (κ2) is 8.62. The van der Waals surface area contributed by atoms with E-state index in [4.69, 9.17) is 8.92 Å². The first kappa shape index (κ1) is 22.7. The molecule has 1 atom stereocenters. The smallest absolute Gasteiger partial charge is 0.389 e. The highest BCUT2D eigenvalue weighted by Crippen LogP contribution is 2.45. The molecule has 1 unspecified atom stereocenters. The first-order valence-corrected chi connectivity index (χ1v) is 10.8. The van der Waals surface area contributed by atoms with Gasteiger partial charge in [0.1, 0.15) is 11.5 Å². The zero-order chi connectivity index (χ0) is 22.8. The van der Waals surface area contributed by atoms with E-state index >= 15 is 0 Å². The van der Waals surface area contributed by atoms with Gasteiger partial charge in [-0.05, 0) is 41.8 Å². The SMILES string of the molecule is COC(=O)C1=Cc2ccccc2C1c1cc(OS(=O)(=O)CCCC(F)(F)F)ccc1O. The molecule has 0 heterocycles. The number of rotatable bonds is 7. The third-order valence-electron chi connectivity index (χ3n) is 4.74. The van der Waals surface area contributed by atoms with Gasteiger partial charge in [0.15, 0.2) is 0 Å². The zero-order valence-corrected chi connectivity index (χ0v) is 17.2. The molecule has 2 aromatic rings. The Morgan fingerprint density at radius 2 is 1.84 bits per heavy atom. The first-order valence-electron chi connectivity index (χ1n) is 9.21. The molecule has 6 nitrogen and oxygen atoms in total. The summed E-state index contributed by atoms with van der Waals surface area (Å²) in [5, 5.41) is 10.4. The molecule has 166 valence electrons. The largest absolute Gasteiger partial charge is 0.508 e. The topological polar surface area (TPSA) is 89.9 Å². The number of phenolic OH excluding ortho intramolecular Hbond substituents is 1. The van der Waals surface area contributed by atoms with Gasteiger partial charge in [-0.1, -0.05) is 24.3 Å². The molecule has 3 rings (SSSR count). The van der Waals surface area contributed by atoms with Crippen molar-refractivity contribution in [2.24, 2.45) is 0 Å². The van der Waals surface area contributed by atoms with Crippen molar-refractivity contribution in [3.63, 3.8) is 0 Å². The number of alkyl halides is 3.